The van der Waals surface area contributed by atoms with Crippen LogP contribution in [0.15, 0.2) is 41.4 Å². The number of thiophene rings is 1. The van der Waals surface area contributed by atoms with Crippen LogP contribution in [0.4, 0.5) is 25.2 Å². The highest BCUT2D eigenvalue weighted by atomic mass is 32.1. The van der Waals surface area contributed by atoms with Gasteiger partial charge in [-0.1, -0.05) is 18.2 Å². The first-order valence-electron chi connectivity index (χ1n) is 9.98. The third-order valence-electron chi connectivity index (χ3n) is 5.56. The van der Waals surface area contributed by atoms with Gasteiger partial charge in [-0.3, -0.25) is 0 Å². The van der Waals surface area contributed by atoms with Crippen LogP contribution in [-0.4, -0.2) is 50.1 Å². The largest absolute Gasteiger partial charge is 0.385 e. The number of amidine groups is 1. The summed E-state index contributed by atoms with van der Waals surface area (Å²) in [6.45, 7) is 3.05. The number of benzene rings is 2. The van der Waals surface area contributed by atoms with E-state index in [-0.39, 0.29) is 6.04 Å². The van der Waals surface area contributed by atoms with Crippen LogP contribution in [0, 0.1) is 11.6 Å². The van der Waals surface area contributed by atoms with E-state index in [2.05, 4.69) is 27.7 Å². The molecule has 0 bridgehead atoms. The van der Waals surface area contributed by atoms with E-state index in [0.29, 0.717) is 18.0 Å². The number of anilines is 2. The lowest BCUT2D eigenvalue weighted by molar-refractivity contribution is 0.168. The van der Waals surface area contributed by atoms with Crippen molar-refractivity contribution in [3.05, 3.63) is 53.6 Å². The molecular formula is C22H22F2N4OS. The number of nitrogens with one attached hydrogen (secondary N) is 2. The SMILES string of the molecule is COCC[C@H]1CN(C2=Nc3cc(F)c(F)cc3Nc3sc4ccccc4c32)CCN1. The van der Waals surface area contributed by atoms with Gasteiger partial charge < -0.3 is 20.3 Å². The van der Waals surface area contributed by atoms with Crippen LogP contribution in [-0.2, 0) is 4.74 Å². The Kier molecular flexibility index (Phi) is 5.14. The van der Waals surface area contributed by atoms with Gasteiger partial charge in [-0.15, -0.1) is 11.3 Å². The first-order valence-corrected chi connectivity index (χ1v) is 10.8. The molecule has 5 nitrogen and oxygen atoms in total. The number of hydrogen-bond acceptors (Lipinski definition) is 6. The van der Waals surface area contributed by atoms with E-state index in [0.717, 1.165) is 52.5 Å². The van der Waals surface area contributed by atoms with Gasteiger partial charge >= 0.3 is 0 Å². The van der Waals surface area contributed by atoms with Crippen molar-refractivity contribution in [2.24, 2.45) is 4.99 Å². The summed E-state index contributed by atoms with van der Waals surface area (Å²) >= 11 is 1.60. The van der Waals surface area contributed by atoms with E-state index in [9.17, 15) is 8.78 Å². The summed E-state index contributed by atoms with van der Waals surface area (Å²) in [6, 6.07) is 10.8. The third-order valence-corrected chi connectivity index (χ3v) is 6.64. The standard InChI is InChI=1S/C22H22F2N4OS/c1-29-9-6-13-12-28(8-7-25-13)21-20-14-4-2-3-5-19(14)30-22(20)27-18-11-16(24)15(23)10-17(18)26-21/h2-5,10-11,13,25,27H,6-9,12H2,1H3/t13-/m0/s1. The summed E-state index contributed by atoms with van der Waals surface area (Å²) in [5, 5.41) is 8.82. The lowest BCUT2D eigenvalue weighted by atomic mass is 10.1. The molecular weight excluding hydrogens is 406 g/mol. The molecule has 1 atom stereocenters. The van der Waals surface area contributed by atoms with Crippen molar-refractivity contribution in [1.29, 1.82) is 0 Å². The molecule has 2 aromatic carbocycles. The molecule has 0 amide bonds. The van der Waals surface area contributed by atoms with Crippen LogP contribution in [0.5, 0.6) is 0 Å². The number of methoxy groups -OCH3 is 1. The molecule has 0 aliphatic carbocycles. The Morgan fingerprint density at radius 3 is 2.93 bits per heavy atom. The minimum atomic E-state index is -0.896. The molecule has 1 aromatic heterocycles. The van der Waals surface area contributed by atoms with Crippen molar-refractivity contribution in [3.8, 4) is 0 Å². The van der Waals surface area contributed by atoms with Gasteiger partial charge in [0.2, 0.25) is 0 Å². The maximum Gasteiger partial charge on any atom is 0.161 e. The number of fused-ring (bicyclic) bond motifs is 4. The Morgan fingerprint density at radius 1 is 1.23 bits per heavy atom. The molecule has 1 saturated heterocycles. The number of ether oxygens (including phenoxy) is 1. The van der Waals surface area contributed by atoms with Crippen molar-refractivity contribution >= 4 is 43.6 Å². The number of nitrogens with zero attached hydrogens (tertiary/aromatic N) is 2. The Balaban J connectivity index is 1.64. The molecule has 2 aliphatic rings. The molecule has 156 valence electrons. The quantitative estimate of drug-likeness (QED) is 0.639. The van der Waals surface area contributed by atoms with Crippen LogP contribution in [0.2, 0.25) is 0 Å². The maximum atomic E-state index is 14.0. The van der Waals surface area contributed by atoms with Gasteiger partial charge in [0.15, 0.2) is 11.6 Å². The Morgan fingerprint density at radius 2 is 2.07 bits per heavy atom. The molecule has 0 radical (unpaired) electrons. The summed E-state index contributed by atoms with van der Waals surface area (Å²) in [5.74, 6) is -0.986. The number of rotatable bonds is 3. The van der Waals surface area contributed by atoms with Gasteiger partial charge in [0.05, 0.1) is 16.9 Å². The first kappa shape index (κ1) is 19.4. The fraction of sp³-hybridized carbons (Fsp3) is 0.318. The summed E-state index contributed by atoms with van der Waals surface area (Å²) in [5.41, 5.74) is 1.87. The van der Waals surface area contributed by atoms with Gasteiger partial charge in [0.25, 0.3) is 0 Å². The minimum absolute atomic E-state index is 0.274. The summed E-state index contributed by atoms with van der Waals surface area (Å²) in [6.07, 6.45) is 0.895. The number of hydrogen-bond donors (Lipinski definition) is 2. The average molecular weight is 429 g/mol. The van der Waals surface area contributed by atoms with Crippen LogP contribution in [0.1, 0.15) is 12.0 Å². The smallest absolute Gasteiger partial charge is 0.161 e. The van der Waals surface area contributed by atoms with E-state index in [1.807, 2.05) is 12.1 Å². The van der Waals surface area contributed by atoms with Crippen LogP contribution in [0.3, 0.4) is 0 Å². The van der Waals surface area contributed by atoms with Crippen LogP contribution in [0.25, 0.3) is 10.1 Å². The highest BCUT2D eigenvalue weighted by Gasteiger charge is 2.29. The van der Waals surface area contributed by atoms with Crippen molar-refractivity contribution in [1.82, 2.24) is 10.2 Å². The van der Waals surface area contributed by atoms with E-state index < -0.39 is 11.6 Å². The molecule has 2 N–H and O–H groups in total. The zero-order chi connectivity index (χ0) is 20.7. The van der Waals surface area contributed by atoms with Gasteiger partial charge in [-0.25, -0.2) is 13.8 Å². The predicted molar refractivity (Wildman–Crippen MR) is 118 cm³/mol. The number of aliphatic imine (C=N–C) groups is 1. The monoisotopic (exact) mass is 428 g/mol. The second kappa shape index (κ2) is 7.94. The first-order chi connectivity index (χ1) is 14.6. The molecule has 5 rings (SSSR count). The molecule has 1 fully saturated rings. The lowest BCUT2D eigenvalue weighted by Crippen LogP contribution is -2.53. The van der Waals surface area contributed by atoms with E-state index in [1.54, 1.807) is 18.4 Å². The third kappa shape index (κ3) is 3.45. The number of halogens is 2. The normalized spacial score (nSPS) is 18.4. The summed E-state index contributed by atoms with van der Waals surface area (Å²) < 4.78 is 34.3. The molecule has 0 saturated carbocycles. The van der Waals surface area contributed by atoms with Gasteiger partial charge in [-0.2, -0.15) is 0 Å². The van der Waals surface area contributed by atoms with Crippen molar-refractivity contribution in [3.63, 3.8) is 0 Å². The Bertz CT molecular complexity index is 1130. The second-order valence-corrected chi connectivity index (χ2v) is 8.58. The van der Waals surface area contributed by atoms with E-state index in [1.165, 1.54) is 12.1 Å². The highest BCUT2D eigenvalue weighted by Crippen LogP contribution is 2.43. The molecule has 0 spiro atoms. The minimum Gasteiger partial charge on any atom is -0.385 e. The topological polar surface area (TPSA) is 48.9 Å². The molecule has 2 aliphatic heterocycles. The average Bonchev–Trinajstić information content (AvgIpc) is 3.04. The zero-order valence-electron chi connectivity index (χ0n) is 16.5. The molecule has 3 aromatic rings. The second-order valence-electron chi connectivity index (χ2n) is 7.52. The maximum absolute atomic E-state index is 14.0. The van der Waals surface area contributed by atoms with Crippen LogP contribution < -0.4 is 10.6 Å². The van der Waals surface area contributed by atoms with Gasteiger partial charge in [0.1, 0.15) is 10.8 Å². The fourth-order valence-electron chi connectivity index (χ4n) is 4.08. The molecule has 30 heavy (non-hydrogen) atoms. The van der Waals surface area contributed by atoms with Crippen molar-refractivity contribution < 1.29 is 13.5 Å². The van der Waals surface area contributed by atoms with Crippen molar-refractivity contribution in [2.45, 2.75) is 12.5 Å². The predicted octanol–water partition coefficient (Wildman–Crippen LogP) is 4.63. The lowest BCUT2D eigenvalue weighted by Gasteiger charge is -2.35. The van der Waals surface area contributed by atoms with Crippen molar-refractivity contribution in [2.75, 3.05) is 38.7 Å². The Labute approximate surface area is 177 Å². The highest BCUT2D eigenvalue weighted by molar-refractivity contribution is 7.23. The van der Waals surface area contributed by atoms with E-state index in [4.69, 9.17) is 9.73 Å². The van der Waals surface area contributed by atoms with Gasteiger partial charge in [-0.05, 0) is 12.5 Å². The number of piperazine rings is 1. The fourth-order valence-corrected chi connectivity index (χ4v) is 5.19. The zero-order valence-corrected chi connectivity index (χ0v) is 17.4. The molecule has 8 heteroatoms. The summed E-state index contributed by atoms with van der Waals surface area (Å²) in [7, 11) is 1.70. The Hall–Kier alpha value is -2.55. The van der Waals surface area contributed by atoms with E-state index >= 15 is 0 Å². The molecule has 3 heterocycles. The van der Waals surface area contributed by atoms with Crippen LogP contribution >= 0.6 is 11.3 Å². The molecule has 0 unspecified atom stereocenters. The summed E-state index contributed by atoms with van der Waals surface area (Å²) in [4.78, 5) is 7.11. The van der Waals surface area contributed by atoms with Gasteiger partial charge in [0, 0.05) is 61.6 Å².